The van der Waals surface area contributed by atoms with Crippen molar-refractivity contribution in [2.24, 2.45) is 0 Å². The van der Waals surface area contributed by atoms with E-state index in [0.717, 1.165) is 0 Å². The maximum atomic E-state index is 11.7. The lowest BCUT2D eigenvalue weighted by molar-refractivity contribution is 0.196. The Morgan fingerprint density at radius 2 is 2.17 bits per heavy atom. The fourth-order valence-corrected chi connectivity index (χ4v) is 2.24. The van der Waals surface area contributed by atoms with Gasteiger partial charge >= 0.3 is 0 Å². The van der Waals surface area contributed by atoms with E-state index in [4.69, 9.17) is 32.1 Å². The highest BCUT2D eigenvalue weighted by Gasteiger charge is 2.09. The first-order valence-corrected chi connectivity index (χ1v) is 7.37. The first-order chi connectivity index (χ1) is 11.6. The summed E-state index contributed by atoms with van der Waals surface area (Å²) >= 11 is 4.92. The van der Waals surface area contributed by atoms with Gasteiger partial charge in [0.15, 0.2) is 16.3 Å². The summed E-state index contributed by atoms with van der Waals surface area (Å²) in [5, 5.41) is 18.1. The Kier molecular flexibility index (Phi) is 5.89. The number of nitrogens with one attached hydrogen (secondary N) is 2. The van der Waals surface area contributed by atoms with Crippen LogP contribution in [-0.2, 0) is 0 Å². The molecule has 0 saturated heterocycles. The monoisotopic (exact) mass is 345 g/mol. The molecule has 1 aromatic carbocycles. The average Bonchev–Trinajstić information content (AvgIpc) is 2.57. The van der Waals surface area contributed by atoms with Crippen molar-refractivity contribution >= 4 is 24.4 Å². The smallest absolute Gasteiger partial charge is 0.270 e. The Morgan fingerprint density at radius 3 is 2.83 bits per heavy atom. The van der Waals surface area contributed by atoms with Crippen molar-refractivity contribution in [1.82, 2.24) is 9.97 Å². The summed E-state index contributed by atoms with van der Waals surface area (Å²) in [6.45, 7) is -0.0287. The number of rotatable bonds is 6. The van der Waals surface area contributed by atoms with Crippen LogP contribution < -0.4 is 15.0 Å². The molecule has 1 heterocycles. The minimum absolute atomic E-state index is 0.0689. The molecule has 7 nitrogen and oxygen atoms in total. The summed E-state index contributed by atoms with van der Waals surface area (Å²) < 4.78 is 10.9. The molecule has 24 heavy (non-hydrogen) atoms. The van der Waals surface area contributed by atoms with Crippen molar-refractivity contribution in [2.45, 2.75) is 0 Å². The van der Waals surface area contributed by atoms with Gasteiger partial charge in [-0.15, -0.1) is 0 Å². The second kappa shape index (κ2) is 8.10. The number of methoxy groups -OCH3 is 1. The van der Waals surface area contributed by atoms with Gasteiger partial charge in [0.1, 0.15) is 18.2 Å². The van der Waals surface area contributed by atoms with Crippen LogP contribution >= 0.6 is 12.2 Å². The highest BCUT2D eigenvalue weighted by atomic mass is 32.1. The van der Waals surface area contributed by atoms with Crippen molar-refractivity contribution in [3.63, 3.8) is 0 Å². The molecule has 0 aliphatic carbocycles. The quantitative estimate of drug-likeness (QED) is 0.689. The van der Waals surface area contributed by atoms with Crippen LogP contribution in [0, 0.1) is 16.1 Å². The zero-order chi connectivity index (χ0) is 17.5. The molecule has 0 spiro atoms. The van der Waals surface area contributed by atoms with Crippen LogP contribution in [0.15, 0.2) is 23.0 Å². The number of ether oxygens (including phenoxy) is 2. The third kappa shape index (κ3) is 3.90. The zero-order valence-electron chi connectivity index (χ0n) is 12.8. The number of nitrogens with zero attached hydrogens (tertiary/aromatic N) is 1. The standard InChI is InChI=1S/C16H15N3O4S/c1-22-13-4-2-3-10(14(13)23-8-7-20)5-6-12-11(9-17)15(21)19-16(24)18-12/h2-6,20H,7-8H2,1H3,(H2,18,19,21,24)/b6-5+. The van der Waals surface area contributed by atoms with Crippen LogP contribution in [0.25, 0.3) is 12.2 Å². The molecule has 0 saturated carbocycles. The zero-order valence-corrected chi connectivity index (χ0v) is 13.6. The van der Waals surface area contributed by atoms with Crippen molar-refractivity contribution in [3.8, 4) is 17.6 Å². The molecule has 0 atom stereocenters. The van der Waals surface area contributed by atoms with Gasteiger partial charge in [0.05, 0.1) is 19.4 Å². The maximum Gasteiger partial charge on any atom is 0.270 e. The van der Waals surface area contributed by atoms with Crippen LogP contribution in [0.5, 0.6) is 11.5 Å². The molecule has 0 amide bonds. The molecule has 0 fully saturated rings. The van der Waals surface area contributed by atoms with Crippen LogP contribution in [0.2, 0.25) is 0 Å². The number of aromatic amines is 2. The SMILES string of the molecule is COc1cccc(/C=C/c2[nH]c(=S)[nH]c(=O)c2C#N)c1OCCO. The summed E-state index contributed by atoms with van der Waals surface area (Å²) in [5.41, 5.74) is 0.331. The summed E-state index contributed by atoms with van der Waals surface area (Å²) in [6.07, 6.45) is 3.22. The molecule has 3 N–H and O–H groups in total. The largest absolute Gasteiger partial charge is 0.493 e. The van der Waals surface area contributed by atoms with Gasteiger partial charge < -0.3 is 19.6 Å². The lowest BCUT2D eigenvalue weighted by Crippen LogP contribution is -2.13. The Morgan fingerprint density at radius 1 is 1.38 bits per heavy atom. The Hall–Kier alpha value is -2.89. The fourth-order valence-electron chi connectivity index (χ4n) is 2.04. The molecule has 1 aromatic heterocycles. The van der Waals surface area contributed by atoms with Crippen LogP contribution in [0.1, 0.15) is 16.8 Å². The van der Waals surface area contributed by atoms with E-state index in [9.17, 15) is 4.79 Å². The maximum absolute atomic E-state index is 11.7. The molecule has 2 aromatic rings. The second-order valence-electron chi connectivity index (χ2n) is 4.59. The summed E-state index contributed by atoms with van der Waals surface area (Å²) in [6, 6.07) is 7.12. The van der Waals surface area contributed by atoms with E-state index in [2.05, 4.69) is 9.97 Å². The van der Waals surface area contributed by atoms with Gasteiger partial charge in [-0.1, -0.05) is 12.1 Å². The first-order valence-electron chi connectivity index (χ1n) is 6.96. The lowest BCUT2D eigenvalue weighted by Gasteiger charge is -2.12. The predicted molar refractivity (Wildman–Crippen MR) is 91.5 cm³/mol. The summed E-state index contributed by atoms with van der Waals surface area (Å²) in [7, 11) is 1.51. The Balaban J connectivity index is 2.49. The molecular formula is C16H15N3O4S. The molecule has 2 rings (SSSR count). The average molecular weight is 345 g/mol. The number of hydrogen-bond donors (Lipinski definition) is 3. The van der Waals surface area contributed by atoms with Gasteiger partial charge in [-0.2, -0.15) is 5.26 Å². The van der Waals surface area contributed by atoms with E-state index in [1.54, 1.807) is 30.4 Å². The van der Waals surface area contributed by atoms with Crippen molar-refractivity contribution in [2.75, 3.05) is 20.3 Å². The molecule has 0 aliphatic rings. The number of aliphatic hydroxyl groups is 1. The molecule has 124 valence electrons. The number of nitriles is 1. The first kappa shape index (κ1) is 17.5. The highest BCUT2D eigenvalue weighted by molar-refractivity contribution is 7.71. The lowest BCUT2D eigenvalue weighted by atomic mass is 10.1. The van der Waals surface area contributed by atoms with Gasteiger partial charge in [-0.05, 0) is 30.4 Å². The van der Waals surface area contributed by atoms with Crippen LogP contribution in [-0.4, -0.2) is 35.4 Å². The topological polar surface area (TPSA) is 111 Å². The van der Waals surface area contributed by atoms with Gasteiger partial charge in [-0.25, -0.2) is 0 Å². The van der Waals surface area contributed by atoms with E-state index in [0.29, 0.717) is 22.8 Å². The second-order valence-corrected chi connectivity index (χ2v) is 5.00. The molecule has 0 radical (unpaired) electrons. The van der Waals surface area contributed by atoms with Gasteiger partial charge in [0, 0.05) is 5.56 Å². The molecular weight excluding hydrogens is 330 g/mol. The number of aromatic nitrogens is 2. The molecule has 0 unspecified atom stereocenters. The van der Waals surface area contributed by atoms with Crippen molar-refractivity contribution in [3.05, 3.63) is 50.1 Å². The summed E-state index contributed by atoms with van der Waals surface area (Å²) in [4.78, 5) is 16.9. The number of benzene rings is 1. The molecule has 0 aliphatic heterocycles. The number of hydrogen-bond acceptors (Lipinski definition) is 6. The minimum Gasteiger partial charge on any atom is -0.493 e. The van der Waals surface area contributed by atoms with Crippen LogP contribution in [0.3, 0.4) is 0 Å². The molecule has 8 heteroatoms. The Bertz CT molecular complexity index is 909. The highest BCUT2D eigenvalue weighted by Crippen LogP contribution is 2.32. The van der Waals surface area contributed by atoms with E-state index in [1.165, 1.54) is 7.11 Å². The predicted octanol–water partition coefficient (Wildman–Crippen LogP) is 1.85. The summed E-state index contributed by atoms with van der Waals surface area (Å²) in [5.74, 6) is 0.956. The van der Waals surface area contributed by atoms with E-state index >= 15 is 0 Å². The van der Waals surface area contributed by atoms with Crippen molar-refractivity contribution in [1.29, 1.82) is 5.26 Å². The number of para-hydroxylation sites is 1. The fraction of sp³-hybridized carbons (Fsp3) is 0.188. The van der Waals surface area contributed by atoms with Gasteiger partial charge in [0.25, 0.3) is 5.56 Å². The van der Waals surface area contributed by atoms with E-state index < -0.39 is 5.56 Å². The number of H-pyrrole nitrogens is 2. The van der Waals surface area contributed by atoms with Crippen molar-refractivity contribution < 1.29 is 14.6 Å². The van der Waals surface area contributed by atoms with Gasteiger partial charge in [-0.3, -0.25) is 9.78 Å². The Labute approximate surface area is 142 Å². The third-order valence-electron chi connectivity index (χ3n) is 3.08. The minimum atomic E-state index is -0.553. The van der Waals surface area contributed by atoms with E-state index in [-0.39, 0.29) is 23.5 Å². The molecule has 0 bridgehead atoms. The van der Waals surface area contributed by atoms with E-state index in [1.807, 2.05) is 6.07 Å². The van der Waals surface area contributed by atoms with Crippen LogP contribution in [0.4, 0.5) is 0 Å². The normalized spacial score (nSPS) is 10.5. The van der Waals surface area contributed by atoms with Gasteiger partial charge in [0.2, 0.25) is 0 Å². The third-order valence-corrected chi connectivity index (χ3v) is 3.28. The number of aliphatic hydroxyl groups excluding tert-OH is 1.